The second-order valence-corrected chi connectivity index (χ2v) is 39.2. The van der Waals surface area contributed by atoms with Crippen LogP contribution in [0.4, 0.5) is 0 Å². The monoisotopic (exact) mass is 1020 g/mol. The molecule has 0 spiro atoms. The molecule has 1 fully saturated rings. The fraction of sp³-hybridized carbons (Fsp3) is 0.717. The first-order chi connectivity index (χ1) is 31.6. The van der Waals surface area contributed by atoms with Crippen LogP contribution in [0.5, 0.6) is 17.2 Å². The highest BCUT2D eigenvalue weighted by molar-refractivity contribution is 7.99. The van der Waals surface area contributed by atoms with Gasteiger partial charge in [0.1, 0.15) is 43.1 Å². The van der Waals surface area contributed by atoms with Crippen LogP contribution in [0.15, 0.2) is 42.5 Å². The molecule has 0 unspecified atom stereocenters. The average Bonchev–Trinajstić information content (AvgIpc) is 3.22. The predicted molar refractivity (Wildman–Crippen MR) is 285 cm³/mol. The molecule has 2 aromatic rings. The molecule has 1 heterocycles. The van der Waals surface area contributed by atoms with Crippen LogP contribution in [0.2, 0.25) is 49.9 Å². The normalized spacial score (nSPS) is 19.6. The number of ether oxygens (including phenoxy) is 5. The predicted octanol–water partition coefficient (Wildman–Crippen LogP) is 14.4. The number of benzene rings is 2. The molecule has 0 saturated carbocycles. The fourth-order valence-electron chi connectivity index (χ4n) is 11.9. The van der Waals surface area contributed by atoms with Crippen molar-refractivity contribution in [2.75, 3.05) is 12.4 Å². The summed E-state index contributed by atoms with van der Waals surface area (Å²) in [4.78, 5) is 39.5. The van der Waals surface area contributed by atoms with Crippen LogP contribution in [0, 0.1) is 0 Å². The van der Waals surface area contributed by atoms with E-state index >= 15 is 0 Å². The van der Waals surface area contributed by atoms with E-state index in [9.17, 15) is 14.4 Å². The van der Waals surface area contributed by atoms with Gasteiger partial charge >= 0.3 is 17.9 Å². The van der Waals surface area contributed by atoms with Gasteiger partial charge in [0, 0.05) is 13.8 Å². The fourth-order valence-corrected chi connectivity index (χ4v) is 29.6. The largest absolute Gasteiger partial charge is 0.482 e. The molecule has 5 atom stereocenters. The van der Waals surface area contributed by atoms with Crippen molar-refractivity contribution in [3.05, 3.63) is 53.6 Å². The Balaban J connectivity index is 2.38. The lowest BCUT2D eigenvalue weighted by Gasteiger charge is -2.57. The molecule has 0 N–H and O–H groups in total. The lowest BCUT2D eigenvalue weighted by Crippen LogP contribution is -2.69. The summed E-state index contributed by atoms with van der Waals surface area (Å²) in [5.74, 6) is -1.45. The molecule has 0 aliphatic carbocycles. The Bertz CT molecular complexity index is 1820. The molecule has 2 aromatic carbocycles. The van der Waals surface area contributed by atoms with Crippen molar-refractivity contribution in [3.8, 4) is 17.2 Å². The SMILES string of the molecule is CCS[C@@H]1O[C@H](COC(=O)c2cc(OC(C)=O)c(OCc3ccccc3)c(OC(C)=O)c2)[C@@H](O[Si](C(C)C)(C(C)C)C(C)C)[C@H](O[Si](C(C)C)(C(C)C)C(C)C)[C@H]1O[Si](C(C)C)(C(C)C)C(C)C. The molecular formula is C53H90O11SSi3. The van der Waals surface area contributed by atoms with Crippen molar-refractivity contribution in [1.82, 2.24) is 0 Å². The Hall–Kier alpha value is -2.51. The maximum absolute atomic E-state index is 14.6. The van der Waals surface area contributed by atoms with E-state index in [1.807, 2.05) is 30.3 Å². The quantitative estimate of drug-likeness (QED) is 0.0534. The summed E-state index contributed by atoms with van der Waals surface area (Å²) in [7, 11) is -7.94. The summed E-state index contributed by atoms with van der Waals surface area (Å²) in [6, 6.07) is 12.2. The molecule has 3 rings (SSSR count). The van der Waals surface area contributed by atoms with Crippen LogP contribution >= 0.6 is 11.8 Å². The van der Waals surface area contributed by atoms with Crippen molar-refractivity contribution in [1.29, 1.82) is 0 Å². The molecule has 0 bridgehead atoms. The Kier molecular flexibility index (Phi) is 22.6. The third-order valence-electron chi connectivity index (χ3n) is 14.4. The van der Waals surface area contributed by atoms with E-state index in [2.05, 4.69) is 132 Å². The topological polar surface area (TPSA) is 125 Å². The first-order valence-corrected chi connectivity index (χ1v) is 32.8. The van der Waals surface area contributed by atoms with Gasteiger partial charge in [0.05, 0.1) is 5.56 Å². The van der Waals surface area contributed by atoms with Gasteiger partial charge in [0.15, 0.2) is 11.5 Å². The van der Waals surface area contributed by atoms with E-state index in [4.69, 9.17) is 37.0 Å². The number of hydrogen-bond donors (Lipinski definition) is 0. The van der Waals surface area contributed by atoms with Crippen LogP contribution in [0.3, 0.4) is 0 Å². The molecule has 0 amide bonds. The van der Waals surface area contributed by atoms with Gasteiger partial charge in [-0.3, -0.25) is 9.59 Å². The minimum Gasteiger partial charge on any atom is -0.482 e. The third kappa shape index (κ3) is 13.5. The molecule has 68 heavy (non-hydrogen) atoms. The lowest BCUT2D eigenvalue weighted by molar-refractivity contribution is -0.194. The zero-order chi connectivity index (χ0) is 51.6. The highest BCUT2D eigenvalue weighted by atomic mass is 32.2. The smallest absolute Gasteiger partial charge is 0.338 e. The number of esters is 3. The van der Waals surface area contributed by atoms with Crippen LogP contribution in [0.1, 0.15) is 161 Å². The van der Waals surface area contributed by atoms with Crippen LogP contribution in [-0.2, 0) is 38.9 Å². The van der Waals surface area contributed by atoms with Gasteiger partial charge in [-0.25, -0.2) is 4.79 Å². The third-order valence-corrected chi connectivity index (χ3v) is 33.8. The standard InChI is InChI=1S/C53H90O11SSi3/c1-22-65-53-51(64-68(38(14)15,39(16)17)40(18)19)50(63-67(35(8)9,36(10)11)37(12)13)49(62-66(32(2)3,33(4)5)34(6)7)47(61-53)31-58-52(56)44-28-45(59-41(20)54)48(46(29-44)60-42(21)55)57-30-43-26-24-23-25-27-43/h23-29,32-40,47,49-51,53H,22,30-31H2,1-21H3/t47-,49-,50+,51-,53+/m1/s1. The van der Waals surface area contributed by atoms with Gasteiger partial charge < -0.3 is 37.0 Å². The molecule has 1 saturated heterocycles. The first kappa shape index (κ1) is 59.8. The summed E-state index contributed by atoms with van der Waals surface area (Å²) in [6.45, 7) is 46.0. The van der Waals surface area contributed by atoms with Crippen LogP contribution < -0.4 is 14.2 Å². The van der Waals surface area contributed by atoms with E-state index in [1.54, 1.807) is 11.8 Å². The van der Waals surface area contributed by atoms with Gasteiger partial charge in [0.25, 0.3) is 0 Å². The minimum absolute atomic E-state index is 0.000345. The zero-order valence-corrected chi connectivity index (χ0v) is 49.5. The number of carbonyl (C=O) groups is 3. The summed E-state index contributed by atoms with van der Waals surface area (Å²) >= 11 is 1.70. The van der Waals surface area contributed by atoms with Gasteiger partial charge in [-0.15, -0.1) is 11.8 Å². The number of rotatable bonds is 25. The number of hydrogen-bond acceptors (Lipinski definition) is 12. The van der Waals surface area contributed by atoms with Crippen LogP contribution in [-0.4, -0.2) is 85.1 Å². The van der Waals surface area contributed by atoms with Crippen molar-refractivity contribution in [2.45, 2.75) is 232 Å². The van der Waals surface area contributed by atoms with Gasteiger partial charge in [-0.05, 0) is 73.3 Å². The van der Waals surface area contributed by atoms with E-state index in [0.29, 0.717) is 16.6 Å². The average molecular weight is 1020 g/mol. The lowest BCUT2D eigenvalue weighted by atomic mass is 10.0. The molecular weight excluding hydrogens is 929 g/mol. The molecule has 0 radical (unpaired) electrons. The first-order valence-electron chi connectivity index (χ1n) is 25.3. The van der Waals surface area contributed by atoms with Crippen molar-refractivity contribution >= 4 is 54.6 Å². The Labute approximate surface area is 418 Å². The summed E-state index contributed by atoms with van der Waals surface area (Å²) in [5.41, 5.74) is 2.75. The summed E-state index contributed by atoms with van der Waals surface area (Å²) < 4.78 is 55.1. The Morgan fingerprint density at radius 1 is 0.574 bits per heavy atom. The van der Waals surface area contributed by atoms with E-state index in [0.717, 1.165) is 11.3 Å². The number of carbonyl (C=O) groups excluding carboxylic acids is 3. The molecule has 15 heteroatoms. The minimum atomic E-state index is -2.70. The maximum Gasteiger partial charge on any atom is 0.338 e. The molecule has 386 valence electrons. The van der Waals surface area contributed by atoms with E-state index in [1.165, 1.54) is 26.0 Å². The summed E-state index contributed by atoms with van der Waals surface area (Å²) in [5, 5.41) is 0. The Morgan fingerprint density at radius 3 is 1.32 bits per heavy atom. The van der Waals surface area contributed by atoms with E-state index in [-0.39, 0.29) is 69.3 Å². The van der Waals surface area contributed by atoms with Gasteiger partial charge in [-0.2, -0.15) is 0 Å². The molecule has 1 aliphatic heterocycles. The van der Waals surface area contributed by atoms with Gasteiger partial charge in [0.2, 0.25) is 30.7 Å². The molecule has 1 aliphatic rings. The highest BCUT2D eigenvalue weighted by Gasteiger charge is 2.60. The van der Waals surface area contributed by atoms with Crippen molar-refractivity contribution in [3.63, 3.8) is 0 Å². The second kappa shape index (κ2) is 25.7. The van der Waals surface area contributed by atoms with Crippen LogP contribution in [0.25, 0.3) is 0 Å². The second-order valence-electron chi connectivity index (χ2n) is 21.6. The van der Waals surface area contributed by atoms with Gasteiger partial charge in [-0.1, -0.05) is 162 Å². The molecule has 0 aromatic heterocycles. The summed E-state index contributed by atoms with van der Waals surface area (Å²) in [6.07, 6.45) is -2.44. The highest BCUT2D eigenvalue weighted by Crippen LogP contribution is 2.52. The molecule has 11 nitrogen and oxygen atoms in total. The van der Waals surface area contributed by atoms with E-state index < -0.39 is 72.7 Å². The maximum atomic E-state index is 14.6. The van der Waals surface area contributed by atoms with Crippen molar-refractivity contribution in [2.24, 2.45) is 0 Å². The Morgan fingerprint density at radius 2 is 0.956 bits per heavy atom. The van der Waals surface area contributed by atoms with Crippen molar-refractivity contribution < 1.29 is 51.3 Å². The number of thioether (sulfide) groups is 1. The zero-order valence-electron chi connectivity index (χ0n) is 45.6.